The van der Waals surface area contributed by atoms with Gasteiger partial charge in [-0.05, 0) is 19.0 Å². The van der Waals surface area contributed by atoms with E-state index < -0.39 is 4.92 Å². The highest BCUT2D eigenvalue weighted by molar-refractivity contribution is 5.52. The zero-order valence-electron chi connectivity index (χ0n) is 7.49. The summed E-state index contributed by atoms with van der Waals surface area (Å²) in [6.45, 7) is 1.22. The molecule has 0 aliphatic carbocycles. The predicted molar refractivity (Wildman–Crippen MR) is 50.2 cm³/mol. The van der Waals surface area contributed by atoms with Crippen LogP contribution in [0.4, 0.5) is 5.69 Å². The molecule has 1 aromatic carbocycles. The van der Waals surface area contributed by atoms with E-state index in [-0.39, 0.29) is 11.4 Å². The normalized spacial score (nSPS) is 14.9. The van der Waals surface area contributed by atoms with E-state index in [0.29, 0.717) is 24.1 Å². The first-order chi connectivity index (χ1) is 6.70. The van der Waals surface area contributed by atoms with Crippen molar-refractivity contribution in [3.63, 3.8) is 0 Å². The standard InChI is InChI=1S/C9H10N2O3/c12-9-2-1-8(11(13)14)6-3-4-10-5-7(6)9/h1-2,10,12H,3-5H2. The number of benzene rings is 1. The second-order valence-corrected chi connectivity index (χ2v) is 3.24. The molecule has 2 N–H and O–H groups in total. The lowest BCUT2D eigenvalue weighted by molar-refractivity contribution is -0.385. The summed E-state index contributed by atoms with van der Waals surface area (Å²) in [5, 5.41) is 23.3. The highest BCUT2D eigenvalue weighted by Gasteiger charge is 2.22. The molecule has 0 amide bonds. The number of aromatic hydroxyl groups is 1. The van der Waals surface area contributed by atoms with Gasteiger partial charge in [0.2, 0.25) is 0 Å². The number of fused-ring (bicyclic) bond motifs is 1. The summed E-state index contributed by atoms with van der Waals surface area (Å²) in [6, 6.07) is 2.74. The number of phenols is 1. The Morgan fingerprint density at radius 2 is 2.21 bits per heavy atom. The van der Waals surface area contributed by atoms with Crippen molar-refractivity contribution in [1.29, 1.82) is 0 Å². The second-order valence-electron chi connectivity index (χ2n) is 3.24. The van der Waals surface area contributed by atoms with E-state index in [1.807, 2.05) is 0 Å². The SMILES string of the molecule is O=[N+]([O-])c1ccc(O)c2c1CCNC2. The monoisotopic (exact) mass is 194 g/mol. The third kappa shape index (κ3) is 1.31. The van der Waals surface area contributed by atoms with E-state index in [1.54, 1.807) is 0 Å². The minimum atomic E-state index is -0.399. The summed E-state index contributed by atoms with van der Waals surface area (Å²) in [5.74, 6) is 0.137. The molecule has 14 heavy (non-hydrogen) atoms. The molecule has 1 aliphatic rings. The van der Waals surface area contributed by atoms with Gasteiger partial charge >= 0.3 is 0 Å². The van der Waals surface area contributed by atoms with E-state index in [2.05, 4.69) is 5.32 Å². The van der Waals surface area contributed by atoms with E-state index in [0.717, 1.165) is 6.54 Å². The van der Waals surface area contributed by atoms with Crippen molar-refractivity contribution in [3.8, 4) is 5.75 Å². The Labute approximate surface area is 80.5 Å². The van der Waals surface area contributed by atoms with Crippen LogP contribution in [0.15, 0.2) is 12.1 Å². The molecule has 2 rings (SSSR count). The molecule has 1 aliphatic heterocycles. The van der Waals surface area contributed by atoms with Crippen LogP contribution in [0.25, 0.3) is 0 Å². The molecule has 1 heterocycles. The number of phenolic OH excluding ortho intramolecular Hbond substituents is 1. The van der Waals surface area contributed by atoms with Crippen molar-refractivity contribution in [2.24, 2.45) is 0 Å². The number of nitro groups is 1. The molecule has 5 heteroatoms. The van der Waals surface area contributed by atoms with Gasteiger partial charge in [0.05, 0.1) is 4.92 Å². The third-order valence-corrected chi connectivity index (χ3v) is 2.43. The molecule has 0 saturated heterocycles. The van der Waals surface area contributed by atoms with Crippen LogP contribution in [-0.4, -0.2) is 16.6 Å². The Bertz CT molecular complexity index is 390. The predicted octanol–water partition coefficient (Wildman–Crippen LogP) is 0.946. The van der Waals surface area contributed by atoms with Crippen LogP contribution in [0.3, 0.4) is 0 Å². The van der Waals surface area contributed by atoms with Gasteiger partial charge in [-0.1, -0.05) is 0 Å². The van der Waals surface area contributed by atoms with Gasteiger partial charge in [-0.2, -0.15) is 0 Å². The number of nitro benzene ring substituents is 1. The lowest BCUT2D eigenvalue weighted by Crippen LogP contribution is -2.24. The van der Waals surface area contributed by atoms with Crippen molar-refractivity contribution < 1.29 is 10.0 Å². The summed E-state index contributed by atoms with van der Waals surface area (Å²) < 4.78 is 0. The Kier molecular flexibility index (Phi) is 2.09. The molecule has 0 atom stereocenters. The molecule has 0 aromatic heterocycles. The van der Waals surface area contributed by atoms with Crippen LogP contribution in [0.5, 0.6) is 5.75 Å². The summed E-state index contributed by atoms with van der Waals surface area (Å²) >= 11 is 0. The fourth-order valence-electron chi connectivity index (χ4n) is 1.74. The molecule has 0 unspecified atom stereocenters. The van der Waals surface area contributed by atoms with E-state index >= 15 is 0 Å². The largest absolute Gasteiger partial charge is 0.508 e. The van der Waals surface area contributed by atoms with Gasteiger partial charge in [0.25, 0.3) is 5.69 Å². The van der Waals surface area contributed by atoms with Crippen molar-refractivity contribution in [2.45, 2.75) is 13.0 Å². The van der Waals surface area contributed by atoms with E-state index in [1.165, 1.54) is 12.1 Å². The van der Waals surface area contributed by atoms with Gasteiger partial charge in [0.15, 0.2) is 0 Å². The third-order valence-electron chi connectivity index (χ3n) is 2.43. The fourth-order valence-corrected chi connectivity index (χ4v) is 1.74. The maximum Gasteiger partial charge on any atom is 0.273 e. The Morgan fingerprint density at radius 3 is 2.93 bits per heavy atom. The van der Waals surface area contributed by atoms with Crippen LogP contribution in [0.1, 0.15) is 11.1 Å². The minimum Gasteiger partial charge on any atom is -0.508 e. The van der Waals surface area contributed by atoms with Crippen LogP contribution in [-0.2, 0) is 13.0 Å². The smallest absolute Gasteiger partial charge is 0.273 e. The summed E-state index contributed by atoms with van der Waals surface area (Å²) in [4.78, 5) is 10.3. The van der Waals surface area contributed by atoms with Crippen LogP contribution >= 0.6 is 0 Å². The highest BCUT2D eigenvalue weighted by Crippen LogP contribution is 2.31. The number of hydrogen-bond acceptors (Lipinski definition) is 4. The van der Waals surface area contributed by atoms with Gasteiger partial charge in [-0.15, -0.1) is 0 Å². The van der Waals surface area contributed by atoms with Gasteiger partial charge in [0, 0.05) is 23.7 Å². The first kappa shape index (κ1) is 8.96. The maximum atomic E-state index is 10.7. The summed E-state index contributed by atoms with van der Waals surface area (Å²) in [5.41, 5.74) is 1.43. The fraction of sp³-hybridized carbons (Fsp3) is 0.333. The molecule has 0 radical (unpaired) electrons. The van der Waals surface area contributed by atoms with Gasteiger partial charge in [0.1, 0.15) is 5.75 Å². The topological polar surface area (TPSA) is 75.4 Å². The van der Waals surface area contributed by atoms with Crippen molar-refractivity contribution in [2.75, 3.05) is 6.54 Å². The number of nitrogens with zero attached hydrogens (tertiary/aromatic N) is 1. The zero-order chi connectivity index (χ0) is 10.1. The summed E-state index contributed by atoms with van der Waals surface area (Å²) in [7, 11) is 0. The molecular formula is C9H10N2O3. The maximum absolute atomic E-state index is 10.7. The molecule has 0 saturated carbocycles. The lowest BCUT2D eigenvalue weighted by atomic mass is 9.98. The molecule has 0 spiro atoms. The second kappa shape index (κ2) is 3.26. The van der Waals surface area contributed by atoms with Gasteiger partial charge in [-0.3, -0.25) is 10.1 Å². The highest BCUT2D eigenvalue weighted by atomic mass is 16.6. The number of hydrogen-bond donors (Lipinski definition) is 2. The van der Waals surface area contributed by atoms with Gasteiger partial charge in [-0.25, -0.2) is 0 Å². The van der Waals surface area contributed by atoms with Gasteiger partial charge < -0.3 is 10.4 Å². The molecule has 1 aromatic rings. The number of nitrogens with one attached hydrogen (secondary N) is 1. The van der Waals surface area contributed by atoms with Crippen molar-refractivity contribution in [1.82, 2.24) is 5.32 Å². The molecule has 5 nitrogen and oxygen atoms in total. The van der Waals surface area contributed by atoms with Crippen LogP contribution in [0.2, 0.25) is 0 Å². The van der Waals surface area contributed by atoms with E-state index in [4.69, 9.17) is 0 Å². The van der Waals surface area contributed by atoms with Crippen molar-refractivity contribution in [3.05, 3.63) is 33.4 Å². The Morgan fingerprint density at radius 1 is 1.43 bits per heavy atom. The average Bonchev–Trinajstić information content (AvgIpc) is 2.18. The summed E-state index contributed by atoms with van der Waals surface area (Å²) in [6.07, 6.45) is 0.597. The Balaban J connectivity index is 2.59. The molecule has 0 bridgehead atoms. The average molecular weight is 194 g/mol. The lowest BCUT2D eigenvalue weighted by Gasteiger charge is -2.17. The number of rotatable bonds is 1. The molecule has 74 valence electrons. The first-order valence-corrected chi connectivity index (χ1v) is 4.39. The molecule has 0 fully saturated rings. The quantitative estimate of drug-likeness (QED) is 0.515. The van der Waals surface area contributed by atoms with Crippen LogP contribution in [0, 0.1) is 10.1 Å². The first-order valence-electron chi connectivity index (χ1n) is 4.39. The van der Waals surface area contributed by atoms with E-state index in [9.17, 15) is 15.2 Å². The van der Waals surface area contributed by atoms with Crippen LogP contribution < -0.4 is 5.32 Å². The van der Waals surface area contributed by atoms with Crippen molar-refractivity contribution >= 4 is 5.69 Å². The molecular weight excluding hydrogens is 184 g/mol. The minimum absolute atomic E-state index is 0.110. The zero-order valence-corrected chi connectivity index (χ0v) is 7.49. The Hall–Kier alpha value is -1.62.